The molecule has 2 heteroatoms. The van der Waals surface area contributed by atoms with E-state index in [-0.39, 0.29) is 0 Å². The van der Waals surface area contributed by atoms with Gasteiger partial charge in [0.1, 0.15) is 0 Å². The second kappa shape index (κ2) is 6.14. The van der Waals surface area contributed by atoms with Gasteiger partial charge >= 0.3 is 0 Å². The van der Waals surface area contributed by atoms with Crippen LogP contribution in [0.2, 0.25) is 0 Å². The minimum atomic E-state index is 0.397. The van der Waals surface area contributed by atoms with Crippen molar-refractivity contribution in [3.05, 3.63) is 0 Å². The Bertz CT molecular complexity index is 205. The minimum Gasteiger partial charge on any atom is -0.310 e. The largest absolute Gasteiger partial charge is 0.310 e. The van der Waals surface area contributed by atoms with Crippen LogP contribution in [-0.2, 0) is 0 Å². The lowest BCUT2D eigenvalue weighted by Gasteiger charge is -2.30. The molecule has 0 radical (unpaired) electrons. The smallest absolute Gasteiger partial charge is 0.0372 e. The Morgan fingerprint density at radius 2 is 1.80 bits per heavy atom. The molecule has 0 aromatic heterocycles. The summed E-state index contributed by atoms with van der Waals surface area (Å²) < 4.78 is 0. The van der Waals surface area contributed by atoms with Crippen LogP contribution < -0.4 is 5.43 Å². The van der Waals surface area contributed by atoms with Gasteiger partial charge in [0.25, 0.3) is 0 Å². The maximum Gasteiger partial charge on any atom is 0.0372 e. The first-order valence-electron chi connectivity index (χ1n) is 6.08. The number of hydrogen-bond acceptors (Lipinski definition) is 2. The van der Waals surface area contributed by atoms with Crippen LogP contribution in [-0.4, -0.2) is 12.3 Å². The van der Waals surface area contributed by atoms with Crippen LogP contribution in [0.4, 0.5) is 0 Å². The van der Waals surface area contributed by atoms with E-state index in [0.717, 1.165) is 6.54 Å². The van der Waals surface area contributed by atoms with E-state index >= 15 is 0 Å². The summed E-state index contributed by atoms with van der Waals surface area (Å²) in [7, 11) is 0. The highest BCUT2D eigenvalue weighted by molar-refractivity contribution is 5.83. The predicted octanol–water partition coefficient (Wildman–Crippen LogP) is 3.68. The predicted molar refractivity (Wildman–Crippen MR) is 69.2 cm³/mol. The molecule has 15 heavy (non-hydrogen) atoms. The fraction of sp³-hybridized carbons (Fsp3) is 0.923. The van der Waals surface area contributed by atoms with Crippen LogP contribution in [0.5, 0.6) is 0 Å². The molecule has 1 unspecified atom stereocenters. The molecule has 0 saturated carbocycles. The van der Waals surface area contributed by atoms with E-state index in [4.69, 9.17) is 0 Å². The lowest BCUT2D eigenvalue weighted by atomic mass is 9.78. The minimum absolute atomic E-state index is 0.397. The van der Waals surface area contributed by atoms with Crippen LogP contribution in [0.1, 0.15) is 54.9 Å². The highest BCUT2D eigenvalue weighted by Crippen LogP contribution is 2.29. The van der Waals surface area contributed by atoms with Crippen LogP contribution in [0.15, 0.2) is 5.10 Å². The molecule has 0 aliphatic heterocycles. The molecule has 0 aliphatic carbocycles. The molecule has 0 saturated heterocycles. The van der Waals surface area contributed by atoms with E-state index in [1.165, 1.54) is 12.1 Å². The van der Waals surface area contributed by atoms with Crippen molar-refractivity contribution in [2.24, 2.45) is 22.4 Å². The van der Waals surface area contributed by atoms with Gasteiger partial charge in [0.05, 0.1) is 0 Å². The SMILES string of the molecule is CCC(C)(C)C(C)CN/N=C(\C)C(C)C. The zero-order chi connectivity index (χ0) is 12.1. The van der Waals surface area contributed by atoms with Gasteiger partial charge in [-0.15, -0.1) is 0 Å². The van der Waals surface area contributed by atoms with Crippen molar-refractivity contribution in [3.8, 4) is 0 Å². The number of rotatable bonds is 6. The van der Waals surface area contributed by atoms with Gasteiger partial charge in [0, 0.05) is 12.3 Å². The average molecular weight is 212 g/mol. The monoisotopic (exact) mass is 212 g/mol. The summed E-state index contributed by atoms with van der Waals surface area (Å²) in [5, 5.41) is 4.38. The molecular formula is C13H28N2. The van der Waals surface area contributed by atoms with Gasteiger partial charge in [0.15, 0.2) is 0 Å². The molecule has 0 bridgehead atoms. The maximum absolute atomic E-state index is 4.38. The number of hydrazone groups is 1. The van der Waals surface area contributed by atoms with Crippen LogP contribution in [0, 0.1) is 17.3 Å². The Morgan fingerprint density at radius 1 is 1.27 bits per heavy atom. The molecule has 0 fully saturated rings. The lowest BCUT2D eigenvalue weighted by molar-refractivity contribution is 0.216. The normalized spacial score (nSPS) is 15.6. The van der Waals surface area contributed by atoms with Crippen molar-refractivity contribution in [2.45, 2.75) is 54.9 Å². The summed E-state index contributed by atoms with van der Waals surface area (Å²) >= 11 is 0. The molecule has 0 spiro atoms. The van der Waals surface area contributed by atoms with E-state index in [1.807, 2.05) is 0 Å². The molecule has 0 aromatic carbocycles. The summed E-state index contributed by atoms with van der Waals surface area (Å²) in [6.07, 6.45) is 1.21. The molecule has 2 nitrogen and oxygen atoms in total. The Labute approximate surface area is 95.5 Å². The third-order valence-electron chi connectivity index (χ3n) is 3.73. The van der Waals surface area contributed by atoms with Crippen molar-refractivity contribution in [3.63, 3.8) is 0 Å². The zero-order valence-electron chi connectivity index (χ0n) is 11.5. The third kappa shape index (κ3) is 5.19. The molecule has 0 aliphatic rings. The Morgan fingerprint density at radius 3 is 2.20 bits per heavy atom. The fourth-order valence-electron chi connectivity index (χ4n) is 1.06. The standard InChI is InChI=1S/C13H28N2/c1-8-13(6,7)11(4)9-14-15-12(5)10(2)3/h10-11,14H,8-9H2,1-7H3/b15-12+. The summed E-state index contributed by atoms with van der Waals surface area (Å²) in [6, 6.07) is 0. The van der Waals surface area contributed by atoms with Crippen LogP contribution >= 0.6 is 0 Å². The molecule has 0 heterocycles. The summed E-state index contributed by atoms with van der Waals surface area (Å²) in [4.78, 5) is 0. The topological polar surface area (TPSA) is 24.4 Å². The summed E-state index contributed by atoms with van der Waals surface area (Å²) in [5.74, 6) is 1.18. The fourth-order valence-corrected chi connectivity index (χ4v) is 1.06. The highest BCUT2D eigenvalue weighted by atomic mass is 15.3. The Balaban J connectivity index is 4.02. The molecule has 90 valence electrons. The van der Waals surface area contributed by atoms with Crippen molar-refractivity contribution < 1.29 is 0 Å². The summed E-state index contributed by atoms with van der Waals surface area (Å²) in [6.45, 7) is 16.5. The number of nitrogens with one attached hydrogen (secondary N) is 1. The van der Waals surface area contributed by atoms with E-state index in [2.05, 4.69) is 59.0 Å². The van der Waals surface area contributed by atoms with E-state index in [1.54, 1.807) is 0 Å². The Hall–Kier alpha value is -0.530. The molecule has 0 amide bonds. The van der Waals surface area contributed by atoms with Gasteiger partial charge in [-0.25, -0.2) is 0 Å². The second-order valence-corrected chi connectivity index (χ2v) is 5.51. The molecule has 0 rings (SSSR count). The first kappa shape index (κ1) is 14.5. The van der Waals surface area contributed by atoms with Gasteiger partial charge in [-0.1, -0.05) is 48.0 Å². The van der Waals surface area contributed by atoms with Gasteiger partial charge < -0.3 is 5.43 Å². The average Bonchev–Trinajstić information content (AvgIpc) is 2.17. The van der Waals surface area contributed by atoms with Gasteiger partial charge in [-0.3, -0.25) is 0 Å². The van der Waals surface area contributed by atoms with Crippen molar-refractivity contribution in [1.82, 2.24) is 5.43 Å². The number of nitrogens with zero attached hydrogens (tertiary/aromatic N) is 1. The molecular weight excluding hydrogens is 184 g/mol. The first-order valence-corrected chi connectivity index (χ1v) is 6.08. The van der Waals surface area contributed by atoms with Crippen LogP contribution in [0.3, 0.4) is 0 Å². The summed E-state index contributed by atoms with van der Waals surface area (Å²) in [5.41, 5.74) is 4.77. The molecule has 0 aromatic rings. The van der Waals surface area contributed by atoms with Crippen molar-refractivity contribution >= 4 is 5.71 Å². The third-order valence-corrected chi connectivity index (χ3v) is 3.73. The lowest BCUT2D eigenvalue weighted by Crippen LogP contribution is -2.29. The van der Waals surface area contributed by atoms with E-state index in [0.29, 0.717) is 17.3 Å². The molecule has 1 N–H and O–H groups in total. The Kier molecular flexibility index (Phi) is 5.92. The highest BCUT2D eigenvalue weighted by Gasteiger charge is 2.23. The molecule has 1 atom stereocenters. The van der Waals surface area contributed by atoms with Gasteiger partial charge in [-0.05, 0) is 24.2 Å². The van der Waals surface area contributed by atoms with E-state index in [9.17, 15) is 0 Å². The zero-order valence-corrected chi connectivity index (χ0v) is 11.5. The van der Waals surface area contributed by atoms with Gasteiger partial charge in [-0.2, -0.15) is 5.10 Å². The van der Waals surface area contributed by atoms with Crippen LogP contribution in [0.25, 0.3) is 0 Å². The van der Waals surface area contributed by atoms with E-state index < -0.39 is 0 Å². The van der Waals surface area contributed by atoms with Crippen molar-refractivity contribution in [1.29, 1.82) is 0 Å². The van der Waals surface area contributed by atoms with Gasteiger partial charge in [0.2, 0.25) is 0 Å². The maximum atomic E-state index is 4.38. The first-order chi connectivity index (χ1) is 6.81. The number of hydrogen-bond donors (Lipinski definition) is 1. The second-order valence-electron chi connectivity index (χ2n) is 5.51. The quantitative estimate of drug-likeness (QED) is 0.527. The van der Waals surface area contributed by atoms with Crippen molar-refractivity contribution in [2.75, 3.05) is 6.54 Å².